The maximum atomic E-state index is 13.7. The molecular formula is C34H37N10O10P2S+. The highest BCUT2D eigenvalue weighted by Gasteiger charge is 2.54. The van der Waals surface area contributed by atoms with Gasteiger partial charge in [0.1, 0.15) is 49.8 Å². The number of ether oxygens (including phenoxy) is 3. The fraction of sp³-hybridized carbons (Fsp3) is 0.471. The molecule has 7 heterocycles. The van der Waals surface area contributed by atoms with Gasteiger partial charge in [0.05, 0.1) is 31.8 Å². The molecule has 5 aromatic rings. The number of hydrogen-bond donors (Lipinski definition) is 1. The highest BCUT2D eigenvalue weighted by Crippen LogP contribution is 2.56. The third-order valence-corrected chi connectivity index (χ3v) is 13.1. The molecule has 3 saturated heterocycles. The van der Waals surface area contributed by atoms with Gasteiger partial charge in [0.15, 0.2) is 35.0 Å². The molecule has 2 unspecified atom stereocenters. The number of aryl methyl sites for hydroxylation is 1. The monoisotopic (exact) mass is 839 g/mol. The molecule has 23 heteroatoms. The van der Waals surface area contributed by atoms with Gasteiger partial charge in [-0.1, -0.05) is 32.0 Å². The van der Waals surface area contributed by atoms with Gasteiger partial charge < -0.3 is 37.9 Å². The van der Waals surface area contributed by atoms with E-state index in [0.29, 0.717) is 22.4 Å². The first-order chi connectivity index (χ1) is 27.6. The van der Waals surface area contributed by atoms with Crippen molar-refractivity contribution in [3.8, 4) is 6.01 Å². The summed E-state index contributed by atoms with van der Waals surface area (Å²) in [6, 6.07) is 8.69. The Kier molecular flexibility index (Phi) is 11.3. The van der Waals surface area contributed by atoms with Gasteiger partial charge in [-0.15, -0.1) is 9.05 Å². The van der Waals surface area contributed by atoms with Crippen LogP contribution in [0.25, 0.3) is 27.2 Å². The van der Waals surface area contributed by atoms with E-state index in [2.05, 4.69) is 40.1 Å². The molecule has 0 radical (unpaired) electrons. The molecule has 0 saturated carbocycles. The molecule has 0 spiro atoms. The first kappa shape index (κ1) is 39.4. The number of amides is 1. The summed E-state index contributed by atoms with van der Waals surface area (Å²) in [5.74, 6) is -1.17. The molecule has 1 amide bonds. The summed E-state index contributed by atoms with van der Waals surface area (Å²) in [5, 5.41) is 2.79. The molecule has 3 aliphatic rings. The lowest BCUT2D eigenvalue weighted by Gasteiger charge is -2.29. The minimum absolute atomic E-state index is 0.0228. The van der Waals surface area contributed by atoms with Crippen LogP contribution in [0.2, 0.25) is 0 Å². The second-order valence-electron chi connectivity index (χ2n) is 13.4. The van der Waals surface area contributed by atoms with Crippen molar-refractivity contribution < 1.29 is 46.2 Å². The van der Waals surface area contributed by atoms with Crippen molar-refractivity contribution >= 4 is 60.8 Å². The second-order valence-corrected chi connectivity index (χ2v) is 17.3. The van der Waals surface area contributed by atoms with Crippen LogP contribution in [0.5, 0.6) is 6.01 Å². The van der Waals surface area contributed by atoms with Gasteiger partial charge in [0.25, 0.3) is 5.91 Å². The first-order valence-electron chi connectivity index (χ1n) is 17.8. The van der Waals surface area contributed by atoms with Gasteiger partial charge in [0.2, 0.25) is 6.54 Å². The van der Waals surface area contributed by atoms with E-state index in [9.17, 15) is 9.36 Å². The summed E-state index contributed by atoms with van der Waals surface area (Å²) in [6.45, 7) is 8.87. The summed E-state index contributed by atoms with van der Waals surface area (Å²) in [5.41, 5.74) is 2.73. The summed E-state index contributed by atoms with van der Waals surface area (Å²) in [6.07, 6.45) is -0.654. The number of carbonyl (C=O) groups is 1. The molecule has 1 aromatic carbocycles. The zero-order valence-electron chi connectivity index (χ0n) is 31.0. The molecule has 10 atom stereocenters. The van der Waals surface area contributed by atoms with E-state index in [0.717, 1.165) is 0 Å². The maximum absolute atomic E-state index is 13.7. The molecule has 4 aromatic heterocycles. The zero-order chi connectivity index (χ0) is 39.8. The van der Waals surface area contributed by atoms with E-state index < -0.39 is 69.6 Å². The number of nitrogens with one attached hydrogen (secondary N) is 1. The van der Waals surface area contributed by atoms with Crippen LogP contribution in [0.1, 0.15) is 42.4 Å². The highest BCUT2D eigenvalue weighted by atomic mass is 32.5. The summed E-state index contributed by atoms with van der Waals surface area (Å²) < 4.78 is 66.9. The molecular weight excluding hydrogens is 802 g/mol. The van der Waals surface area contributed by atoms with E-state index in [4.69, 9.17) is 55.2 Å². The Bertz CT molecular complexity index is 2400. The van der Waals surface area contributed by atoms with Gasteiger partial charge in [-0.2, -0.15) is 4.98 Å². The number of hydrogen-bond acceptors (Lipinski definition) is 17. The topological polar surface area (TPSA) is 212 Å². The minimum atomic E-state index is -3.62. The van der Waals surface area contributed by atoms with Crippen LogP contribution in [0.4, 0.5) is 5.82 Å². The predicted molar refractivity (Wildman–Crippen MR) is 203 cm³/mol. The van der Waals surface area contributed by atoms with Crippen molar-refractivity contribution in [3.63, 3.8) is 0 Å². The number of imidazole rings is 2. The number of rotatable bonds is 8. The van der Waals surface area contributed by atoms with Gasteiger partial charge in [-0.3, -0.25) is 9.36 Å². The van der Waals surface area contributed by atoms with E-state index in [-0.39, 0.29) is 49.4 Å². The van der Waals surface area contributed by atoms with Crippen molar-refractivity contribution in [3.05, 3.63) is 72.0 Å². The average molecular weight is 840 g/mol. The number of aromatic nitrogens is 8. The van der Waals surface area contributed by atoms with Gasteiger partial charge in [0, 0.05) is 22.0 Å². The Labute approximate surface area is 331 Å². The maximum Gasteiger partial charge on any atom is 0.697 e. The molecule has 20 nitrogen and oxygen atoms in total. The third-order valence-electron chi connectivity index (χ3n) is 9.97. The summed E-state index contributed by atoms with van der Waals surface area (Å²) in [4.78, 5) is 43.0. The van der Waals surface area contributed by atoms with Gasteiger partial charge in [-0.05, 0) is 30.9 Å². The Hall–Kier alpha value is -4.45. The Balaban J connectivity index is 1.11. The Morgan fingerprint density at radius 2 is 1.79 bits per heavy atom. The van der Waals surface area contributed by atoms with E-state index in [1.54, 1.807) is 41.2 Å². The Morgan fingerprint density at radius 3 is 2.58 bits per heavy atom. The quantitative estimate of drug-likeness (QED) is 0.125. The lowest BCUT2D eigenvalue weighted by Crippen LogP contribution is -2.32. The van der Waals surface area contributed by atoms with Crippen LogP contribution >= 0.6 is 15.0 Å². The van der Waals surface area contributed by atoms with Crippen molar-refractivity contribution in [1.29, 1.82) is 0 Å². The number of nitrogens with zero attached hydrogens (tertiary/aromatic N) is 9. The van der Waals surface area contributed by atoms with Crippen molar-refractivity contribution in [1.82, 2.24) is 39.0 Å². The normalized spacial score (nSPS) is 29.9. The molecule has 3 fully saturated rings. The van der Waals surface area contributed by atoms with Crippen LogP contribution in [0.15, 0.2) is 49.3 Å². The lowest BCUT2D eigenvalue weighted by molar-refractivity contribution is -0.0598. The van der Waals surface area contributed by atoms with Gasteiger partial charge >= 0.3 is 21.0 Å². The fourth-order valence-corrected chi connectivity index (χ4v) is 10.0. The standard InChI is InChI=1S/C34H36N10O10P2S/c1-18-22-14-50-56(57,49-12-11-35-4)54-26-19(2)32(43-17-40-24-20(3)36-15-38-29(24)43)52-23(26)13-48-55(46)53-27(18)33(51-22)44-30-25(41-34(44)47-5)28(37-16-39-30)42-31(45)21-9-7-6-8-10-21/h6-10,15-19,22-23,26-27,32-33H,11-14H2,1-3,5H3/p+1/t18-,19-,22-,23-,26+,27-,32-,33-,56?/m1/s1. The molecule has 3 aliphatic heterocycles. The largest absolute Gasteiger partial charge is 0.697 e. The first-order valence-corrected chi connectivity index (χ1v) is 21.5. The molecule has 8 rings (SSSR count). The number of carbonyl (C=O) groups excluding carboxylic acids is 1. The van der Waals surface area contributed by atoms with Crippen molar-refractivity contribution in [2.24, 2.45) is 11.8 Å². The smallest absolute Gasteiger partial charge is 0.468 e. The van der Waals surface area contributed by atoms with Crippen LogP contribution in [-0.2, 0) is 48.5 Å². The van der Waals surface area contributed by atoms with E-state index in [1.165, 1.54) is 24.3 Å². The summed E-state index contributed by atoms with van der Waals surface area (Å²) >= 11 is 5.99. The molecule has 2 bridgehead atoms. The molecule has 298 valence electrons. The summed E-state index contributed by atoms with van der Waals surface area (Å²) in [7, 11) is -1.38. The molecule has 57 heavy (non-hydrogen) atoms. The number of fused-ring (bicyclic) bond motifs is 5. The highest BCUT2D eigenvalue weighted by molar-refractivity contribution is 8.07. The third kappa shape index (κ3) is 7.66. The zero-order valence-corrected chi connectivity index (χ0v) is 33.6. The van der Waals surface area contributed by atoms with Crippen LogP contribution in [-0.4, -0.2) is 103 Å². The fourth-order valence-electron chi connectivity index (χ4n) is 7.05. The molecule has 1 N–H and O–H groups in total. The van der Waals surface area contributed by atoms with Crippen LogP contribution < -0.4 is 10.1 Å². The number of anilines is 1. The van der Waals surface area contributed by atoms with E-state index >= 15 is 0 Å². The lowest BCUT2D eigenvalue weighted by atomic mass is 10.0. The number of methoxy groups -OCH3 is 1. The predicted octanol–water partition coefficient (Wildman–Crippen LogP) is 4.94. The average Bonchev–Trinajstić information content (AvgIpc) is 3.96. The Morgan fingerprint density at radius 1 is 1.02 bits per heavy atom. The SMILES string of the molecule is [C-]#[N+]CCOP1(=S)OC[C@H]2O[C@@H](n3c(OC)nc4c(NC(=O)c5ccccc5)ncnc43)[C@H](O[P+](=O)OC[C@H]3O[C@@H](n4cnc5c(C)ncnc54)[C@H](C)[C@@H]3O1)[C@@H]2C. The molecule has 0 aliphatic carbocycles. The van der Waals surface area contributed by atoms with Gasteiger partial charge in [-0.25, -0.2) is 36.1 Å². The second kappa shape index (κ2) is 16.4. The van der Waals surface area contributed by atoms with Crippen LogP contribution in [0, 0.1) is 25.3 Å². The van der Waals surface area contributed by atoms with Crippen LogP contribution in [0.3, 0.4) is 0 Å². The number of benzene rings is 1. The van der Waals surface area contributed by atoms with Crippen molar-refractivity contribution in [2.45, 2.75) is 57.6 Å². The minimum Gasteiger partial charge on any atom is -0.468 e. The van der Waals surface area contributed by atoms with E-state index in [1.807, 2.05) is 20.8 Å². The van der Waals surface area contributed by atoms with Crippen molar-refractivity contribution in [2.75, 3.05) is 38.8 Å².